The molecule has 0 radical (unpaired) electrons. The Labute approximate surface area is 217 Å². The molecule has 1 N–H and O–H groups in total. The number of para-hydroxylation sites is 1. The van der Waals surface area contributed by atoms with Gasteiger partial charge in [0.2, 0.25) is 6.29 Å². The molecule has 5 heteroatoms. The maximum Gasteiger partial charge on any atom is 0.414 e. The number of hydrogen-bond acceptors (Lipinski definition) is 3. The molecule has 1 atom stereocenters. The summed E-state index contributed by atoms with van der Waals surface area (Å²) in [7, 11) is 0. The molecule has 1 unspecified atom stereocenters. The van der Waals surface area contributed by atoms with Crippen LogP contribution in [0.2, 0.25) is 5.02 Å². The molecule has 2 rings (SSSR count). The highest BCUT2D eigenvalue weighted by Crippen LogP contribution is 2.29. The number of anilines is 1. The number of benzene rings is 2. The van der Waals surface area contributed by atoms with Crippen LogP contribution >= 0.6 is 11.6 Å². The zero-order valence-corrected chi connectivity index (χ0v) is 22.7. The van der Waals surface area contributed by atoms with Crippen LogP contribution in [0, 0.1) is 6.92 Å². The van der Waals surface area contributed by atoms with Crippen LogP contribution in [0.3, 0.4) is 0 Å². The van der Waals surface area contributed by atoms with Crippen LogP contribution in [-0.2, 0) is 11.2 Å². The number of hydrogen-bond donors (Lipinski definition) is 1. The van der Waals surface area contributed by atoms with Crippen LogP contribution in [0.1, 0.15) is 102 Å². The topological polar surface area (TPSA) is 47.6 Å². The highest BCUT2D eigenvalue weighted by atomic mass is 35.5. The lowest BCUT2D eigenvalue weighted by Gasteiger charge is -2.19. The standard InChI is InChI=1S/C30H44ClNO3/c1-4-5-6-7-8-9-10-11-12-13-14-16-19-26-23-28(31)24(2)22-29(26)34-25(3)35-30(33)32-27-20-17-15-18-21-27/h15,17-18,20-23,25H,4-14,16,19H2,1-3H3,(H,32,33). The van der Waals surface area contributed by atoms with Gasteiger partial charge in [0.05, 0.1) is 0 Å². The van der Waals surface area contributed by atoms with Gasteiger partial charge in [-0.1, -0.05) is 107 Å². The average Bonchev–Trinajstić information content (AvgIpc) is 2.83. The number of rotatable bonds is 17. The fraction of sp³-hybridized carbons (Fsp3) is 0.567. The Hall–Kier alpha value is -2.20. The Balaban J connectivity index is 1.71. The molecule has 0 aliphatic carbocycles. The summed E-state index contributed by atoms with van der Waals surface area (Å²) >= 11 is 6.40. The minimum atomic E-state index is -0.722. The molecule has 0 aliphatic rings. The van der Waals surface area contributed by atoms with E-state index in [4.69, 9.17) is 21.1 Å². The molecule has 0 bridgehead atoms. The van der Waals surface area contributed by atoms with Crippen molar-refractivity contribution in [2.24, 2.45) is 0 Å². The molecular formula is C30H44ClNO3. The maximum absolute atomic E-state index is 12.2. The minimum Gasteiger partial charge on any atom is -0.455 e. The minimum absolute atomic E-state index is 0.545. The molecule has 0 aliphatic heterocycles. The Kier molecular flexibility index (Phi) is 14.3. The van der Waals surface area contributed by atoms with Crippen molar-refractivity contribution < 1.29 is 14.3 Å². The first kappa shape index (κ1) is 29.0. The number of ether oxygens (including phenoxy) is 2. The number of unbranched alkanes of at least 4 members (excludes halogenated alkanes) is 11. The third-order valence-electron chi connectivity index (χ3n) is 6.23. The lowest BCUT2D eigenvalue weighted by atomic mass is 10.0. The molecule has 0 spiro atoms. The van der Waals surface area contributed by atoms with Gasteiger partial charge in [-0.05, 0) is 55.2 Å². The van der Waals surface area contributed by atoms with Crippen molar-refractivity contribution in [3.8, 4) is 5.75 Å². The largest absolute Gasteiger partial charge is 0.455 e. The quantitative estimate of drug-likeness (QED) is 0.173. The predicted molar refractivity (Wildman–Crippen MR) is 148 cm³/mol. The fourth-order valence-corrected chi connectivity index (χ4v) is 4.37. The number of carbonyl (C=O) groups excluding carboxylic acids is 1. The third-order valence-corrected chi connectivity index (χ3v) is 6.63. The smallest absolute Gasteiger partial charge is 0.414 e. The summed E-state index contributed by atoms with van der Waals surface area (Å²) in [5.41, 5.74) is 2.69. The van der Waals surface area contributed by atoms with Crippen molar-refractivity contribution in [2.45, 2.75) is 111 Å². The van der Waals surface area contributed by atoms with E-state index in [2.05, 4.69) is 12.2 Å². The second kappa shape index (κ2) is 17.3. The van der Waals surface area contributed by atoms with Gasteiger partial charge in [0.15, 0.2) is 0 Å². The van der Waals surface area contributed by atoms with Gasteiger partial charge >= 0.3 is 6.09 Å². The Morgan fingerprint density at radius 3 is 2.06 bits per heavy atom. The lowest BCUT2D eigenvalue weighted by Crippen LogP contribution is -2.25. The van der Waals surface area contributed by atoms with Crippen molar-refractivity contribution in [3.05, 3.63) is 58.6 Å². The van der Waals surface area contributed by atoms with Gasteiger partial charge in [-0.2, -0.15) is 0 Å². The normalized spacial score (nSPS) is 11.8. The summed E-state index contributed by atoms with van der Waals surface area (Å²) in [6.45, 7) is 5.95. The molecule has 4 nitrogen and oxygen atoms in total. The first-order chi connectivity index (χ1) is 17.0. The fourth-order valence-electron chi connectivity index (χ4n) is 4.18. The summed E-state index contributed by atoms with van der Waals surface area (Å²) in [4.78, 5) is 12.2. The Morgan fingerprint density at radius 2 is 1.46 bits per heavy atom. The first-order valence-electron chi connectivity index (χ1n) is 13.5. The van der Waals surface area contributed by atoms with Crippen molar-refractivity contribution in [3.63, 3.8) is 0 Å². The van der Waals surface area contributed by atoms with Crippen LogP contribution in [-0.4, -0.2) is 12.4 Å². The van der Waals surface area contributed by atoms with Gasteiger partial charge in [-0.25, -0.2) is 4.79 Å². The van der Waals surface area contributed by atoms with Crippen LogP contribution in [0.25, 0.3) is 0 Å². The Bertz CT molecular complexity index is 856. The zero-order valence-electron chi connectivity index (χ0n) is 21.9. The van der Waals surface area contributed by atoms with E-state index in [1.165, 1.54) is 70.6 Å². The maximum atomic E-state index is 12.2. The van der Waals surface area contributed by atoms with E-state index in [9.17, 15) is 4.79 Å². The van der Waals surface area contributed by atoms with Gasteiger partial charge in [0, 0.05) is 17.6 Å². The molecule has 0 saturated heterocycles. The van der Waals surface area contributed by atoms with E-state index >= 15 is 0 Å². The summed E-state index contributed by atoms with van der Waals surface area (Å²) in [6, 6.07) is 13.1. The molecule has 0 saturated carbocycles. The summed E-state index contributed by atoms with van der Waals surface area (Å²) < 4.78 is 11.4. The number of amides is 1. The van der Waals surface area contributed by atoms with Gasteiger partial charge in [-0.15, -0.1) is 0 Å². The molecular weight excluding hydrogens is 458 g/mol. The van der Waals surface area contributed by atoms with E-state index in [1.807, 2.05) is 49.4 Å². The van der Waals surface area contributed by atoms with E-state index in [0.29, 0.717) is 5.69 Å². The molecule has 0 heterocycles. The zero-order chi connectivity index (χ0) is 25.3. The van der Waals surface area contributed by atoms with Crippen LogP contribution in [0.15, 0.2) is 42.5 Å². The van der Waals surface area contributed by atoms with E-state index in [-0.39, 0.29) is 0 Å². The van der Waals surface area contributed by atoms with Crippen molar-refractivity contribution in [1.29, 1.82) is 0 Å². The monoisotopic (exact) mass is 501 g/mol. The summed E-state index contributed by atoms with van der Waals surface area (Å²) in [5, 5.41) is 3.45. The van der Waals surface area contributed by atoms with Crippen LogP contribution < -0.4 is 10.1 Å². The van der Waals surface area contributed by atoms with Crippen molar-refractivity contribution in [2.75, 3.05) is 5.32 Å². The Morgan fingerprint density at radius 1 is 0.886 bits per heavy atom. The molecule has 194 valence electrons. The predicted octanol–water partition coefficient (Wildman–Crippen LogP) is 9.87. The van der Waals surface area contributed by atoms with Gasteiger partial charge < -0.3 is 9.47 Å². The average molecular weight is 502 g/mol. The number of halogens is 1. The highest BCUT2D eigenvalue weighted by Gasteiger charge is 2.15. The second-order valence-electron chi connectivity index (χ2n) is 9.43. The second-order valence-corrected chi connectivity index (χ2v) is 9.84. The van der Waals surface area contributed by atoms with E-state index in [0.717, 1.165) is 34.7 Å². The molecule has 2 aromatic carbocycles. The number of carbonyl (C=O) groups is 1. The van der Waals surface area contributed by atoms with E-state index < -0.39 is 12.4 Å². The van der Waals surface area contributed by atoms with Gasteiger partial charge in [0.1, 0.15) is 5.75 Å². The summed E-state index contributed by atoms with van der Waals surface area (Å²) in [5.74, 6) is 0.731. The summed E-state index contributed by atoms with van der Waals surface area (Å²) in [6.07, 6.45) is 15.5. The number of nitrogens with one attached hydrogen (secondary N) is 1. The molecule has 1 amide bonds. The third kappa shape index (κ3) is 12.4. The molecule has 35 heavy (non-hydrogen) atoms. The molecule has 0 aromatic heterocycles. The highest BCUT2D eigenvalue weighted by molar-refractivity contribution is 6.31. The number of aryl methyl sites for hydroxylation is 2. The first-order valence-corrected chi connectivity index (χ1v) is 13.9. The molecule has 2 aromatic rings. The van der Waals surface area contributed by atoms with Crippen LogP contribution in [0.4, 0.5) is 10.5 Å². The van der Waals surface area contributed by atoms with E-state index in [1.54, 1.807) is 6.92 Å². The molecule has 0 fully saturated rings. The van der Waals surface area contributed by atoms with Gasteiger partial charge in [-0.3, -0.25) is 5.32 Å². The van der Waals surface area contributed by atoms with Crippen LogP contribution in [0.5, 0.6) is 5.75 Å². The van der Waals surface area contributed by atoms with Gasteiger partial charge in [0.25, 0.3) is 0 Å². The van der Waals surface area contributed by atoms with Crippen molar-refractivity contribution in [1.82, 2.24) is 0 Å². The SMILES string of the molecule is CCCCCCCCCCCCCCc1cc(Cl)c(C)cc1OC(C)OC(=O)Nc1ccccc1. The van der Waals surface area contributed by atoms with Crippen molar-refractivity contribution >= 4 is 23.4 Å². The lowest BCUT2D eigenvalue weighted by molar-refractivity contribution is -0.0125.